The van der Waals surface area contributed by atoms with Crippen molar-refractivity contribution < 1.29 is 22.7 Å². The van der Waals surface area contributed by atoms with E-state index in [-0.39, 0.29) is 12.1 Å². The largest absolute Gasteiger partial charge is 0.522 e. The number of ether oxygens (including phenoxy) is 1. The van der Waals surface area contributed by atoms with Crippen molar-refractivity contribution in [2.24, 2.45) is 0 Å². The molecule has 108 valence electrons. The number of carbonyl (C=O) groups is 1. The summed E-state index contributed by atoms with van der Waals surface area (Å²) < 4.78 is 40.1. The maximum Gasteiger partial charge on any atom is 0.522 e. The van der Waals surface area contributed by atoms with Crippen LogP contribution in [-0.2, 0) is 11.3 Å². The van der Waals surface area contributed by atoms with E-state index in [2.05, 4.69) is 25.3 Å². The van der Waals surface area contributed by atoms with Crippen LogP contribution in [0, 0.1) is 0 Å². The fourth-order valence-corrected chi connectivity index (χ4v) is 1.38. The second-order valence-corrected chi connectivity index (χ2v) is 3.70. The third-order valence-electron chi connectivity index (χ3n) is 2.22. The van der Waals surface area contributed by atoms with Gasteiger partial charge in [0.05, 0.1) is 24.9 Å². The first-order valence-electron chi connectivity index (χ1n) is 5.48. The van der Waals surface area contributed by atoms with Gasteiger partial charge in [-0.15, -0.1) is 13.2 Å². The molecule has 2 heterocycles. The van der Waals surface area contributed by atoms with E-state index >= 15 is 0 Å². The summed E-state index contributed by atoms with van der Waals surface area (Å²) in [7, 11) is 0. The number of H-pyrrole nitrogens is 1. The van der Waals surface area contributed by atoms with Gasteiger partial charge in [0.1, 0.15) is 0 Å². The average molecular weight is 289 g/mol. The average Bonchev–Trinajstić information content (AvgIpc) is 2.98. The van der Waals surface area contributed by atoms with E-state index in [9.17, 15) is 18.0 Å². The first-order chi connectivity index (χ1) is 9.44. The van der Waals surface area contributed by atoms with Gasteiger partial charge in [-0.2, -0.15) is 10.2 Å². The molecule has 2 aromatic rings. The lowest BCUT2D eigenvalue weighted by molar-refractivity contribution is -0.325. The number of halogens is 3. The van der Waals surface area contributed by atoms with Crippen molar-refractivity contribution in [3.8, 4) is 0 Å². The number of aromatic nitrogens is 4. The van der Waals surface area contributed by atoms with Gasteiger partial charge >= 0.3 is 6.36 Å². The molecular formula is C10H10F3N5O2. The van der Waals surface area contributed by atoms with Crippen LogP contribution in [0.1, 0.15) is 10.4 Å². The van der Waals surface area contributed by atoms with E-state index in [1.54, 1.807) is 6.07 Å². The molecule has 0 aromatic carbocycles. The Balaban J connectivity index is 1.87. The molecule has 0 bridgehead atoms. The van der Waals surface area contributed by atoms with E-state index in [0.29, 0.717) is 5.82 Å². The van der Waals surface area contributed by atoms with Gasteiger partial charge in [0, 0.05) is 18.5 Å². The Bertz CT molecular complexity index is 564. The van der Waals surface area contributed by atoms with Crippen LogP contribution in [0.2, 0.25) is 0 Å². The fraction of sp³-hybridized carbons (Fsp3) is 0.300. The van der Waals surface area contributed by atoms with Gasteiger partial charge < -0.3 is 5.32 Å². The molecular weight excluding hydrogens is 279 g/mol. The highest BCUT2D eigenvalue weighted by Crippen LogP contribution is 2.15. The molecule has 0 atom stereocenters. The quantitative estimate of drug-likeness (QED) is 0.871. The number of hydrogen-bond acceptors (Lipinski definition) is 4. The molecule has 0 aliphatic carbocycles. The minimum atomic E-state index is -4.67. The van der Waals surface area contributed by atoms with Crippen molar-refractivity contribution in [3.63, 3.8) is 0 Å². The molecule has 10 heteroatoms. The highest BCUT2D eigenvalue weighted by molar-refractivity contribution is 6.03. The summed E-state index contributed by atoms with van der Waals surface area (Å²) in [6, 6.07) is 1.56. The molecule has 0 spiro atoms. The molecule has 7 nitrogen and oxygen atoms in total. The Morgan fingerprint density at radius 2 is 2.30 bits per heavy atom. The van der Waals surface area contributed by atoms with Crippen molar-refractivity contribution in [1.29, 1.82) is 0 Å². The molecule has 0 saturated heterocycles. The van der Waals surface area contributed by atoms with Crippen LogP contribution in [0.25, 0.3) is 0 Å². The van der Waals surface area contributed by atoms with Crippen LogP contribution >= 0.6 is 0 Å². The molecule has 0 saturated carbocycles. The predicted molar refractivity (Wildman–Crippen MR) is 60.8 cm³/mol. The van der Waals surface area contributed by atoms with Crippen molar-refractivity contribution in [2.45, 2.75) is 12.9 Å². The molecule has 1 amide bonds. The molecule has 0 radical (unpaired) electrons. The van der Waals surface area contributed by atoms with Crippen molar-refractivity contribution in [2.75, 3.05) is 11.9 Å². The second kappa shape index (κ2) is 5.74. The SMILES string of the molecule is O=C(Nc1cc[nH]n1)c1cnn(CCOC(F)(F)F)c1. The second-order valence-electron chi connectivity index (χ2n) is 3.70. The van der Waals surface area contributed by atoms with Gasteiger partial charge in [0.15, 0.2) is 5.82 Å². The first kappa shape index (κ1) is 14.1. The van der Waals surface area contributed by atoms with E-state index in [0.717, 1.165) is 0 Å². The lowest BCUT2D eigenvalue weighted by Gasteiger charge is -2.06. The van der Waals surface area contributed by atoms with Crippen molar-refractivity contribution in [3.05, 3.63) is 30.2 Å². The Morgan fingerprint density at radius 3 is 2.95 bits per heavy atom. The van der Waals surface area contributed by atoms with Gasteiger partial charge in [0.25, 0.3) is 5.91 Å². The molecule has 2 N–H and O–H groups in total. The lowest BCUT2D eigenvalue weighted by Crippen LogP contribution is -2.17. The summed E-state index contributed by atoms with van der Waals surface area (Å²) in [6.45, 7) is -0.694. The monoisotopic (exact) mass is 289 g/mol. The van der Waals surface area contributed by atoms with Crippen LogP contribution in [0.5, 0.6) is 0 Å². The van der Waals surface area contributed by atoms with Crippen LogP contribution in [0.3, 0.4) is 0 Å². The topological polar surface area (TPSA) is 84.8 Å². The van der Waals surface area contributed by atoms with Crippen LogP contribution in [-0.4, -0.2) is 38.9 Å². The first-order valence-corrected chi connectivity index (χ1v) is 5.48. The minimum absolute atomic E-state index is 0.116. The Kier molecular flexibility index (Phi) is 4.03. The number of rotatable bonds is 5. The Labute approximate surface area is 110 Å². The molecule has 0 aliphatic rings. The zero-order chi connectivity index (χ0) is 14.6. The van der Waals surface area contributed by atoms with Gasteiger partial charge in [-0.1, -0.05) is 0 Å². The smallest absolute Gasteiger partial charge is 0.305 e. The summed E-state index contributed by atoms with van der Waals surface area (Å²) in [5, 5.41) is 12.5. The molecule has 0 unspecified atom stereocenters. The highest BCUT2D eigenvalue weighted by Gasteiger charge is 2.28. The van der Waals surface area contributed by atoms with E-state index in [1.165, 1.54) is 23.3 Å². The number of nitrogens with zero attached hydrogens (tertiary/aromatic N) is 3. The summed E-state index contributed by atoms with van der Waals surface area (Å²) in [5.74, 6) is -0.122. The highest BCUT2D eigenvalue weighted by atomic mass is 19.4. The lowest BCUT2D eigenvalue weighted by atomic mass is 10.3. The van der Waals surface area contributed by atoms with E-state index < -0.39 is 18.9 Å². The normalized spacial score (nSPS) is 11.6. The zero-order valence-corrected chi connectivity index (χ0v) is 10.0. The van der Waals surface area contributed by atoms with Crippen LogP contribution in [0.15, 0.2) is 24.7 Å². The zero-order valence-electron chi connectivity index (χ0n) is 10.0. The maximum absolute atomic E-state index is 11.8. The molecule has 20 heavy (non-hydrogen) atoms. The number of aromatic amines is 1. The summed E-state index contributed by atoms with van der Waals surface area (Å²) in [6.07, 6.45) is -0.571. The standard InChI is InChI=1S/C10H10F3N5O2/c11-10(12,13)20-4-3-18-6-7(5-15-18)9(19)16-8-1-2-14-17-8/h1-2,5-6H,3-4H2,(H2,14,16,17,19). The van der Waals surface area contributed by atoms with Gasteiger partial charge in [-0.05, 0) is 0 Å². The van der Waals surface area contributed by atoms with Crippen LogP contribution < -0.4 is 5.32 Å². The van der Waals surface area contributed by atoms with Gasteiger partial charge in [-0.3, -0.25) is 19.3 Å². The number of alkyl halides is 3. The van der Waals surface area contributed by atoms with E-state index in [1.807, 2.05) is 0 Å². The predicted octanol–water partition coefficient (Wildman–Crippen LogP) is 1.39. The Morgan fingerprint density at radius 1 is 1.50 bits per heavy atom. The number of anilines is 1. The summed E-state index contributed by atoms with van der Waals surface area (Å²) >= 11 is 0. The molecule has 0 fully saturated rings. The van der Waals surface area contributed by atoms with Gasteiger partial charge in [0.2, 0.25) is 0 Å². The molecule has 2 aromatic heterocycles. The summed E-state index contributed by atoms with van der Waals surface area (Å²) in [5.41, 5.74) is 0.208. The van der Waals surface area contributed by atoms with Crippen molar-refractivity contribution in [1.82, 2.24) is 20.0 Å². The number of hydrogen-bond donors (Lipinski definition) is 2. The number of nitrogens with one attached hydrogen (secondary N) is 2. The van der Waals surface area contributed by atoms with Crippen LogP contribution in [0.4, 0.5) is 19.0 Å². The minimum Gasteiger partial charge on any atom is -0.305 e. The molecule has 2 rings (SSSR count). The van der Waals surface area contributed by atoms with Gasteiger partial charge in [-0.25, -0.2) is 0 Å². The number of carbonyl (C=O) groups excluding carboxylic acids is 1. The summed E-state index contributed by atoms with van der Waals surface area (Å²) in [4.78, 5) is 11.7. The number of amides is 1. The van der Waals surface area contributed by atoms with Crippen molar-refractivity contribution >= 4 is 11.7 Å². The Hall–Kier alpha value is -2.36. The van der Waals surface area contributed by atoms with E-state index in [4.69, 9.17) is 0 Å². The maximum atomic E-state index is 11.8. The third-order valence-corrected chi connectivity index (χ3v) is 2.22. The molecule has 0 aliphatic heterocycles. The fourth-order valence-electron chi connectivity index (χ4n) is 1.38. The third kappa shape index (κ3) is 4.09.